The van der Waals surface area contributed by atoms with E-state index in [0.29, 0.717) is 17.9 Å². The highest BCUT2D eigenvalue weighted by molar-refractivity contribution is 7.89. The first-order valence-corrected chi connectivity index (χ1v) is 8.72. The van der Waals surface area contributed by atoms with Crippen LogP contribution in [0.1, 0.15) is 39.7 Å². The molecule has 0 aliphatic rings. The van der Waals surface area contributed by atoms with Gasteiger partial charge in [0.1, 0.15) is 5.75 Å². The van der Waals surface area contributed by atoms with Crippen LogP contribution in [0.15, 0.2) is 23.1 Å². The summed E-state index contributed by atoms with van der Waals surface area (Å²) in [6.07, 6.45) is 0.723. The van der Waals surface area contributed by atoms with E-state index in [1.165, 1.54) is 12.1 Å². The lowest BCUT2D eigenvalue weighted by Gasteiger charge is -2.21. The molecule has 1 aromatic carbocycles. The van der Waals surface area contributed by atoms with Crippen LogP contribution in [0.2, 0.25) is 0 Å². The Balaban J connectivity index is 3.08. The number of rotatable bonds is 8. The fourth-order valence-corrected chi connectivity index (χ4v) is 3.62. The van der Waals surface area contributed by atoms with Gasteiger partial charge in [-0.2, -0.15) is 0 Å². The summed E-state index contributed by atoms with van der Waals surface area (Å²) in [7, 11) is -3.60. The smallest absolute Gasteiger partial charge is 0.240 e. The lowest BCUT2D eigenvalue weighted by Crippen LogP contribution is -2.38. The maximum atomic E-state index is 12.4. The van der Waals surface area contributed by atoms with Crippen molar-refractivity contribution >= 4 is 10.0 Å². The fraction of sp³-hybridized carbons (Fsp3) is 0.600. The Kier molecular flexibility index (Phi) is 6.64. The zero-order valence-corrected chi connectivity index (χ0v) is 13.9. The topological polar surface area (TPSA) is 75.6 Å². The molecule has 6 heteroatoms. The van der Waals surface area contributed by atoms with Crippen molar-refractivity contribution in [2.24, 2.45) is 5.92 Å². The molecule has 0 bridgehead atoms. The van der Waals surface area contributed by atoms with Gasteiger partial charge in [0, 0.05) is 11.6 Å². The molecule has 1 rings (SSSR count). The van der Waals surface area contributed by atoms with Crippen LogP contribution in [0.4, 0.5) is 0 Å². The maximum absolute atomic E-state index is 12.4. The lowest BCUT2D eigenvalue weighted by molar-refractivity contribution is 0.266. The molecule has 2 N–H and O–H groups in total. The number of benzene rings is 1. The summed E-state index contributed by atoms with van der Waals surface area (Å²) >= 11 is 0. The predicted molar refractivity (Wildman–Crippen MR) is 82.8 cm³/mol. The molecule has 1 atom stereocenters. The second-order valence-corrected chi connectivity index (χ2v) is 6.95. The molecule has 0 aromatic heterocycles. The number of sulfonamides is 1. The zero-order valence-electron chi connectivity index (χ0n) is 13.1. The monoisotopic (exact) mass is 315 g/mol. The molecule has 120 valence electrons. The molecule has 0 fully saturated rings. The average Bonchev–Trinajstić information content (AvgIpc) is 2.45. The van der Waals surface area contributed by atoms with Crippen molar-refractivity contribution in [3.63, 3.8) is 0 Å². The average molecular weight is 315 g/mol. The Labute approximate surface area is 127 Å². The van der Waals surface area contributed by atoms with Crippen molar-refractivity contribution in [2.45, 2.75) is 51.7 Å². The summed E-state index contributed by atoms with van der Waals surface area (Å²) in [6.45, 7) is 7.94. The van der Waals surface area contributed by atoms with Crippen LogP contribution >= 0.6 is 0 Å². The minimum Gasteiger partial charge on any atom is -0.494 e. The van der Waals surface area contributed by atoms with Crippen LogP contribution < -0.4 is 9.46 Å². The Morgan fingerprint density at radius 2 is 1.95 bits per heavy atom. The van der Waals surface area contributed by atoms with Gasteiger partial charge in [0.05, 0.1) is 18.1 Å². The standard InChI is InChI=1S/C15H25NO4S/c1-5-14(11(3)4)16-21(18,19)13-7-8-15(20-6-2)12(9-13)10-17/h7-9,11,14,16-17H,5-6,10H2,1-4H3. The Hall–Kier alpha value is -1.11. The summed E-state index contributed by atoms with van der Waals surface area (Å²) < 4.78 is 32.9. The van der Waals surface area contributed by atoms with Crippen LogP contribution in [0, 0.1) is 5.92 Å². The van der Waals surface area contributed by atoms with Crippen LogP contribution in [-0.2, 0) is 16.6 Å². The Morgan fingerprint density at radius 1 is 1.29 bits per heavy atom. The molecular weight excluding hydrogens is 290 g/mol. The highest BCUT2D eigenvalue weighted by atomic mass is 32.2. The predicted octanol–water partition coefficient (Wildman–Crippen LogP) is 2.29. The fourth-order valence-electron chi connectivity index (χ4n) is 2.10. The molecule has 21 heavy (non-hydrogen) atoms. The van der Waals surface area contributed by atoms with Crippen molar-refractivity contribution in [3.05, 3.63) is 23.8 Å². The maximum Gasteiger partial charge on any atom is 0.240 e. The van der Waals surface area contributed by atoms with Crippen molar-refractivity contribution in [1.82, 2.24) is 4.72 Å². The van der Waals surface area contributed by atoms with Crippen molar-refractivity contribution in [1.29, 1.82) is 0 Å². The van der Waals surface area contributed by atoms with E-state index < -0.39 is 10.0 Å². The van der Waals surface area contributed by atoms with Crippen LogP contribution in [0.3, 0.4) is 0 Å². The molecule has 0 heterocycles. The van der Waals surface area contributed by atoms with Gasteiger partial charge in [-0.1, -0.05) is 20.8 Å². The van der Waals surface area contributed by atoms with Crippen LogP contribution in [0.25, 0.3) is 0 Å². The molecule has 0 saturated heterocycles. The van der Waals surface area contributed by atoms with E-state index in [0.717, 1.165) is 6.42 Å². The molecule has 0 aliphatic heterocycles. The normalized spacial score (nSPS) is 13.4. The van der Waals surface area contributed by atoms with E-state index in [1.807, 2.05) is 27.7 Å². The van der Waals surface area contributed by atoms with Gasteiger partial charge in [-0.3, -0.25) is 0 Å². The number of aliphatic hydroxyl groups excluding tert-OH is 1. The second kappa shape index (κ2) is 7.77. The van der Waals surface area contributed by atoms with Gasteiger partial charge in [0.15, 0.2) is 0 Å². The molecule has 0 radical (unpaired) electrons. The first-order chi connectivity index (χ1) is 9.85. The molecule has 0 spiro atoms. The van der Waals surface area contributed by atoms with Gasteiger partial charge in [-0.15, -0.1) is 0 Å². The van der Waals surface area contributed by atoms with Crippen molar-refractivity contribution in [3.8, 4) is 5.75 Å². The van der Waals surface area contributed by atoms with E-state index >= 15 is 0 Å². The van der Waals surface area contributed by atoms with Gasteiger partial charge in [-0.25, -0.2) is 13.1 Å². The molecule has 0 aliphatic carbocycles. The van der Waals surface area contributed by atoms with E-state index in [2.05, 4.69) is 4.72 Å². The third-order valence-corrected chi connectivity index (χ3v) is 4.85. The minimum absolute atomic E-state index is 0.112. The molecule has 1 unspecified atom stereocenters. The minimum atomic E-state index is -3.60. The van der Waals surface area contributed by atoms with Gasteiger partial charge >= 0.3 is 0 Å². The van der Waals surface area contributed by atoms with Gasteiger partial charge in [0.25, 0.3) is 0 Å². The molecule has 0 saturated carbocycles. The number of aliphatic hydroxyl groups is 1. The molecule has 0 amide bonds. The first kappa shape index (κ1) is 17.9. The first-order valence-electron chi connectivity index (χ1n) is 7.24. The third kappa shape index (κ3) is 4.69. The number of hydrogen-bond acceptors (Lipinski definition) is 4. The summed E-state index contributed by atoms with van der Waals surface area (Å²) in [5.74, 6) is 0.722. The lowest BCUT2D eigenvalue weighted by atomic mass is 10.0. The van der Waals surface area contributed by atoms with Crippen molar-refractivity contribution in [2.75, 3.05) is 6.61 Å². The van der Waals surface area contributed by atoms with Gasteiger partial charge in [0.2, 0.25) is 10.0 Å². The number of nitrogens with one attached hydrogen (secondary N) is 1. The number of ether oxygens (including phenoxy) is 1. The highest BCUT2D eigenvalue weighted by Crippen LogP contribution is 2.23. The SMILES string of the molecule is CCOc1ccc(S(=O)(=O)NC(CC)C(C)C)cc1CO. The van der Waals surface area contributed by atoms with Gasteiger partial charge < -0.3 is 9.84 Å². The second-order valence-electron chi connectivity index (χ2n) is 5.24. The van der Waals surface area contributed by atoms with E-state index in [1.54, 1.807) is 6.07 Å². The van der Waals surface area contributed by atoms with Crippen molar-refractivity contribution < 1.29 is 18.3 Å². The van der Waals surface area contributed by atoms with E-state index in [4.69, 9.17) is 4.74 Å². The number of hydrogen-bond donors (Lipinski definition) is 2. The Morgan fingerprint density at radius 3 is 2.43 bits per heavy atom. The van der Waals surface area contributed by atoms with Crippen LogP contribution in [-0.4, -0.2) is 26.2 Å². The molecule has 1 aromatic rings. The largest absolute Gasteiger partial charge is 0.494 e. The Bertz CT molecular complexity index is 555. The molecule has 5 nitrogen and oxygen atoms in total. The summed E-state index contributed by atoms with van der Waals surface area (Å²) in [5, 5.41) is 9.36. The molecular formula is C15H25NO4S. The van der Waals surface area contributed by atoms with E-state index in [9.17, 15) is 13.5 Å². The third-order valence-electron chi connectivity index (χ3n) is 3.36. The summed E-state index contributed by atoms with van der Waals surface area (Å²) in [5.41, 5.74) is 0.470. The summed E-state index contributed by atoms with van der Waals surface area (Å²) in [6, 6.07) is 4.43. The highest BCUT2D eigenvalue weighted by Gasteiger charge is 2.22. The summed E-state index contributed by atoms with van der Waals surface area (Å²) in [4.78, 5) is 0.147. The van der Waals surface area contributed by atoms with Crippen LogP contribution in [0.5, 0.6) is 5.75 Å². The quantitative estimate of drug-likeness (QED) is 0.772. The van der Waals surface area contributed by atoms with E-state index in [-0.39, 0.29) is 23.5 Å². The zero-order chi connectivity index (χ0) is 16.0. The van der Waals surface area contributed by atoms with Gasteiger partial charge in [-0.05, 0) is 37.5 Å².